The molecule has 0 radical (unpaired) electrons. The van der Waals surface area contributed by atoms with E-state index in [1.54, 1.807) is 18.2 Å². The predicted molar refractivity (Wildman–Crippen MR) is 50.5 cm³/mol. The number of hydrogen-bond acceptors (Lipinski definition) is 2. The third-order valence-corrected chi connectivity index (χ3v) is 2.41. The van der Waals surface area contributed by atoms with E-state index in [2.05, 4.69) is 0 Å². The molecule has 0 saturated heterocycles. The van der Waals surface area contributed by atoms with E-state index in [4.69, 9.17) is 34.0 Å². The Morgan fingerprint density at radius 2 is 2.08 bits per heavy atom. The molecule has 1 atom stereocenters. The van der Waals surface area contributed by atoms with Crippen LogP contribution < -0.4 is 5.73 Å². The van der Waals surface area contributed by atoms with Crippen LogP contribution in [0.15, 0.2) is 18.2 Å². The summed E-state index contributed by atoms with van der Waals surface area (Å²) in [6.07, 6.45) is 0. The van der Waals surface area contributed by atoms with Crippen molar-refractivity contribution in [2.45, 2.75) is 6.04 Å². The van der Waals surface area contributed by atoms with Gasteiger partial charge in [0.05, 0.1) is 22.7 Å². The van der Waals surface area contributed by atoms with Crippen LogP contribution in [-0.4, -0.2) is 11.7 Å². The van der Waals surface area contributed by atoms with Crippen LogP contribution in [0.4, 0.5) is 0 Å². The fourth-order valence-electron chi connectivity index (χ4n) is 0.905. The SMILES string of the molecule is N[C@@H](CO)c1cccc(Cl)c1Cl. The molecule has 1 rings (SSSR count). The van der Waals surface area contributed by atoms with Crippen molar-refractivity contribution in [3.8, 4) is 0 Å². The first kappa shape index (κ1) is 9.81. The van der Waals surface area contributed by atoms with E-state index < -0.39 is 6.04 Å². The summed E-state index contributed by atoms with van der Waals surface area (Å²) in [5, 5.41) is 9.65. The normalized spacial score (nSPS) is 13.0. The summed E-state index contributed by atoms with van der Waals surface area (Å²) in [6, 6.07) is 4.71. The van der Waals surface area contributed by atoms with Crippen molar-refractivity contribution in [3.05, 3.63) is 33.8 Å². The molecule has 1 aromatic rings. The average Bonchev–Trinajstić information content (AvgIpc) is 2.08. The number of hydrogen-bond donors (Lipinski definition) is 2. The van der Waals surface area contributed by atoms with Crippen LogP contribution >= 0.6 is 23.2 Å². The van der Waals surface area contributed by atoms with E-state index >= 15 is 0 Å². The molecule has 3 N–H and O–H groups in total. The monoisotopic (exact) mass is 205 g/mol. The molecule has 66 valence electrons. The van der Waals surface area contributed by atoms with Crippen molar-refractivity contribution in [2.75, 3.05) is 6.61 Å². The van der Waals surface area contributed by atoms with Gasteiger partial charge < -0.3 is 10.8 Å². The van der Waals surface area contributed by atoms with Gasteiger partial charge in [0.15, 0.2) is 0 Å². The zero-order chi connectivity index (χ0) is 9.14. The van der Waals surface area contributed by atoms with Gasteiger partial charge in [-0.05, 0) is 11.6 Å². The third kappa shape index (κ3) is 1.90. The summed E-state index contributed by atoms with van der Waals surface area (Å²) in [5.74, 6) is 0. The Bertz CT molecular complexity index is 278. The van der Waals surface area contributed by atoms with Crippen molar-refractivity contribution in [2.24, 2.45) is 5.73 Å². The molecule has 0 heterocycles. The van der Waals surface area contributed by atoms with Gasteiger partial charge in [-0.2, -0.15) is 0 Å². The lowest BCUT2D eigenvalue weighted by Gasteiger charge is -2.10. The zero-order valence-electron chi connectivity index (χ0n) is 6.30. The number of aliphatic hydroxyl groups excluding tert-OH is 1. The molecule has 2 nitrogen and oxygen atoms in total. The molecule has 1 aromatic carbocycles. The summed E-state index contributed by atoms with van der Waals surface area (Å²) in [7, 11) is 0. The van der Waals surface area contributed by atoms with Crippen LogP contribution in [0.5, 0.6) is 0 Å². The maximum atomic E-state index is 8.78. The number of aliphatic hydroxyl groups is 1. The summed E-state index contributed by atoms with van der Waals surface area (Å²) in [4.78, 5) is 0. The van der Waals surface area contributed by atoms with Gasteiger partial charge in [-0.3, -0.25) is 0 Å². The largest absolute Gasteiger partial charge is 0.394 e. The molecular weight excluding hydrogens is 197 g/mol. The minimum Gasteiger partial charge on any atom is -0.394 e. The van der Waals surface area contributed by atoms with E-state index in [9.17, 15) is 0 Å². The fourth-order valence-corrected chi connectivity index (χ4v) is 1.35. The van der Waals surface area contributed by atoms with E-state index in [1.807, 2.05) is 0 Å². The van der Waals surface area contributed by atoms with E-state index in [1.165, 1.54) is 0 Å². The number of halogens is 2. The summed E-state index contributed by atoms with van der Waals surface area (Å²) in [6.45, 7) is -0.139. The average molecular weight is 206 g/mol. The molecule has 0 saturated carbocycles. The molecule has 0 unspecified atom stereocenters. The molecule has 0 aliphatic heterocycles. The lowest BCUT2D eigenvalue weighted by atomic mass is 10.1. The molecule has 12 heavy (non-hydrogen) atoms. The highest BCUT2D eigenvalue weighted by molar-refractivity contribution is 6.42. The lowest BCUT2D eigenvalue weighted by Crippen LogP contribution is -2.14. The van der Waals surface area contributed by atoms with Crippen LogP contribution in [0.25, 0.3) is 0 Å². The quantitative estimate of drug-likeness (QED) is 0.777. The molecular formula is C8H9Cl2NO. The second-order valence-corrected chi connectivity index (χ2v) is 3.22. The Morgan fingerprint density at radius 1 is 1.42 bits per heavy atom. The Balaban J connectivity index is 3.07. The van der Waals surface area contributed by atoms with E-state index in [-0.39, 0.29) is 6.61 Å². The maximum absolute atomic E-state index is 8.78. The van der Waals surface area contributed by atoms with E-state index in [0.29, 0.717) is 15.6 Å². The Morgan fingerprint density at radius 3 is 2.67 bits per heavy atom. The van der Waals surface area contributed by atoms with Gasteiger partial charge in [0.25, 0.3) is 0 Å². The molecule has 0 fully saturated rings. The number of benzene rings is 1. The van der Waals surface area contributed by atoms with Crippen molar-refractivity contribution in [1.29, 1.82) is 0 Å². The highest BCUT2D eigenvalue weighted by atomic mass is 35.5. The zero-order valence-corrected chi connectivity index (χ0v) is 7.81. The van der Waals surface area contributed by atoms with Crippen molar-refractivity contribution in [3.63, 3.8) is 0 Å². The van der Waals surface area contributed by atoms with Crippen LogP contribution in [0.1, 0.15) is 11.6 Å². The van der Waals surface area contributed by atoms with Crippen molar-refractivity contribution >= 4 is 23.2 Å². The van der Waals surface area contributed by atoms with E-state index in [0.717, 1.165) is 0 Å². The fraction of sp³-hybridized carbons (Fsp3) is 0.250. The van der Waals surface area contributed by atoms with Crippen LogP contribution in [-0.2, 0) is 0 Å². The summed E-state index contributed by atoms with van der Waals surface area (Å²) < 4.78 is 0. The molecule has 0 amide bonds. The van der Waals surface area contributed by atoms with Crippen LogP contribution in [0.2, 0.25) is 10.0 Å². The standard InChI is InChI=1S/C8H9Cl2NO/c9-6-3-1-2-5(8(6)10)7(11)4-12/h1-3,7,12H,4,11H2/t7-/m0/s1. The highest BCUT2D eigenvalue weighted by Crippen LogP contribution is 2.28. The Labute approximate surface area is 80.9 Å². The maximum Gasteiger partial charge on any atom is 0.0640 e. The second kappa shape index (κ2) is 4.10. The third-order valence-electron chi connectivity index (χ3n) is 1.58. The van der Waals surface area contributed by atoms with Gasteiger partial charge in [0.2, 0.25) is 0 Å². The minimum absolute atomic E-state index is 0.139. The number of rotatable bonds is 2. The minimum atomic E-state index is -0.462. The van der Waals surface area contributed by atoms with Crippen LogP contribution in [0, 0.1) is 0 Å². The Hall–Kier alpha value is -0.280. The summed E-state index contributed by atoms with van der Waals surface area (Å²) in [5.41, 5.74) is 6.24. The van der Waals surface area contributed by atoms with Gasteiger partial charge in [0, 0.05) is 0 Å². The summed E-state index contributed by atoms with van der Waals surface area (Å²) >= 11 is 11.6. The first-order valence-corrected chi connectivity index (χ1v) is 4.22. The first-order valence-electron chi connectivity index (χ1n) is 3.47. The topological polar surface area (TPSA) is 46.2 Å². The van der Waals surface area contributed by atoms with Gasteiger partial charge >= 0.3 is 0 Å². The smallest absolute Gasteiger partial charge is 0.0640 e. The Kier molecular flexibility index (Phi) is 3.35. The van der Waals surface area contributed by atoms with Gasteiger partial charge in [-0.1, -0.05) is 35.3 Å². The predicted octanol–water partition coefficient (Wildman–Crippen LogP) is 1.99. The van der Waals surface area contributed by atoms with Gasteiger partial charge in [0.1, 0.15) is 0 Å². The molecule has 0 aliphatic rings. The second-order valence-electron chi connectivity index (χ2n) is 2.43. The van der Waals surface area contributed by atoms with Crippen molar-refractivity contribution in [1.82, 2.24) is 0 Å². The van der Waals surface area contributed by atoms with Gasteiger partial charge in [-0.25, -0.2) is 0 Å². The highest BCUT2D eigenvalue weighted by Gasteiger charge is 2.10. The van der Waals surface area contributed by atoms with Crippen molar-refractivity contribution < 1.29 is 5.11 Å². The van der Waals surface area contributed by atoms with Gasteiger partial charge in [-0.15, -0.1) is 0 Å². The number of nitrogens with two attached hydrogens (primary N) is 1. The molecule has 0 spiro atoms. The lowest BCUT2D eigenvalue weighted by molar-refractivity contribution is 0.268. The molecule has 0 aromatic heterocycles. The first-order chi connectivity index (χ1) is 5.66. The molecule has 4 heteroatoms. The molecule has 0 bridgehead atoms. The van der Waals surface area contributed by atoms with Crippen LogP contribution in [0.3, 0.4) is 0 Å². The molecule has 0 aliphatic carbocycles.